The molecule has 126 valence electrons. The highest BCUT2D eigenvalue weighted by Crippen LogP contribution is 2.22. The Morgan fingerprint density at radius 2 is 1.96 bits per heavy atom. The van der Waals surface area contributed by atoms with Crippen molar-refractivity contribution in [3.05, 3.63) is 54.6 Å². The Kier molecular flexibility index (Phi) is 3.40. The Morgan fingerprint density at radius 1 is 1.17 bits per heavy atom. The van der Waals surface area contributed by atoms with Crippen molar-refractivity contribution < 1.29 is 0 Å². The number of hydrogen-bond donors (Lipinski definition) is 1. The van der Waals surface area contributed by atoms with Crippen molar-refractivity contribution in [3.63, 3.8) is 0 Å². The van der Waals surface area contributed by atoms with E-state index in [1.807, 2.05) is 4.90 Å². The first-order valence-electron chi connectivity index (χ1n) is 8.16. The van der Waals surface area contributed by atoms with Gasteiger partial charge in [0.2, 0.25) is 0 Å². The van der Waals surface area contributed by atoms with Crippen LogP contribution in [0, 0.1) is 5.92 Å². The van der Waals surface area contributed by atoms with Crippen LogP contribution in [0.1, 0.15) is 17.7 Å². The number of rotatable bonds is 3. The lowest BCUT2D eigenvalue weighted by Crippen LogP contribution is -2.51. The summed E-state index contributed by atoms with van der Waals surface area (Å²) >= 11 is 0. The summed E-state index contributed by atoms with van der Waals surface area (Å²) in [6.45, 7) is 1.94. The van der Waals surface area contributed by atoms with Crippen LogP contribution >= 0.6 is 0 Å². The molecule has 24 heavy (non-hydrogen) atoms. The highest BCUT2D eigenvalue weighted by Gasteiger charge is 2.29. The normalized spacial score (nSPS) is 17.0. The third kappa shape index (κ3) is 2.47. The van der Waals surface area contributed by atoms with E-state index in [-0.39, 0.29) is 17.0 Å². The first-order valence-corrected chi connectivity index (χ1v) is 8.16. The van der Waals surface area contributed by atoms with Gasteiger partial charge in [0, 0.05) is 38.2 Å². The van der Waals surface area contributed by atoms with E-state index in [9.17, 15) is 14.4 Å². The third-order valence-electron chi connectivity index (χ3n) is 4.88. The largest absolute Gasteiger partial charge is 0.357 e. The smallest absolute Gasteiger partial charge is 0.329 e. The van der Waals surface area contributed by atoms with Gasteiger partial charge in [-0.25, -0.2) is 9.48 Å². The molecule has 0 atom stereocenters. The van der Waals surface area contributed by atoms with Gasteiger partial charge in [-0.05, 0) is 24.8 Å². The first-order chi connectivity index (χ1) is 11.5. The van der Waals surface area contributed by atoms with Crippen molar-refractivity contribution in [2.24, 2.45) is 13.0 Å². The van der Waals surface area contributed by atoms with Crippen LogP contribution in [0.15, 0.2) is 26.5 Å². The molecule has 0 radical (unpaired) electrons. The molecular formula is C16H19N5O3. The van der Waals surface area contributed by atoms with Crippen molar-refractivity contribution in [1.82, 2.24) is 19.3 Å². The Balaban J connectivity index is 1.46. The van der Waals surface area contributed by atoms with E-state index in [1.165, 1.54) is 13.1 Å². The average Bonchev–Trinajstić information content (AvgIpc) is 2.94. The maximum absolute atomic E-state index is 12.1. The second kappa shape index (κ2) is 5.47. The number of fused-ring (bicyclic) bond motifs is 1. The number of nitrogens with one attached hydrogen (secondary N) is 1. The van der Waals surface area contributed by atoms with Crippen LogP contribution < -0.4 is 21.7 Å². The van der Waals surface area contributed by atoms with Crippen molar-refractivity contribution in [1.29, 1.82) is 0 Å². The van der Waals surface area contributed by atoms with Crippen molar-refractivity contribution in [2.75, 3.05) is 18.0 Å². The van der Waals surface area contributed by atoms with E-state index < -0.39 is 5.69 Å². The van der Waals surface area contributed by atoms with Gasteiger partial charge in [0.25, 0.3) is 11.1 Å². The minimum Gasteiger partial charge on any atom is -0.357 e. The molecule has 1 aliphatic heterocycles. The minimum atomic E-state index is -0.419. The monoisotopic (exact) mass is 329 g/mol. The molecule has 8 nitrogen and oxygen atoms in total. The molecule has 3 heterocycles. The minimum absolute atomic E-state index is 0.0453. The molecule has 2 aromatic heterocycles. The molecule has 0 saturated carbocycles. The predicted molar refractivity (Wildman–Crippen MR) is 88.5 cm³/mol. The summed E-state index contributed by atoms with van der Waals surface area (Å²) in [7, 11) is 1.44. The summed E-state index contributed by atoms with van der Waals surface area (Å²) in [5, 5.41) is 4.49. The maximum Gasteiger partial charge on any atom is 0.329 e. The van der Waals surface area contributed by atoms with Gasteiger partial charge in [0.1, 0.15) is 5.82 Å². The van der Waals surface area contributed by atoms with Gasteiger partial charge in [0.15, 0.2) is 0 Å². The van der Waals surface area contributed by atoms with Crippen molar-refractivity contribution in [2.45, 2.75) is 25.8 Å². The zero-order valence-corrected chi connectivity index (χ0v) is 13.5. The van der Waals surface area contributed by atoms with E-state index in [1.54, 1.807) is 10.7 Å². The highest BCUT2D eigenvalue weighted by molar-refractivity contribution is 5.40. The molecule has 2 aliphatic rings. The summed E-state index contributed by atoms with van der Waals surface area (Å²) in [5.74, 6) is 0.816. The number of aromatic nitrogens is 4. The number of hydrogen-bond acceptors (Lipinski definition) is 5. The zero-order chi connectivity index (χ0) is 16.8. The molecule has 8 heteroatoms. The van der Waals surface area contributed by atoms with Crippen LogP contribution in [0.2, 0.25) is 0 Å². The van der Waals surface area contributed by atoms with Gasteiger partial charge in [-0.1, -0.05) is 0 Å². The fourth-order valence-corrected chi connectivity index (χ4v) is 3.41. The summed E-state index contributed by atoms with van der Waals surface area (Å²) in [6, 6.07) is 3.14. The second-order valence-corrected chi connectivity index (χ2v) is 6.62. The van der Waals surface area contributed by atoms with E-state index in [2.05, 4.69) is 10.1 Å². The van der Waals surface area contributed by atoms with Crippen LogP contribution in [-0.4, -0.2) is 32.4 Å². The summed E-state index contributed by atoms with van der Waals surface area (Å²) in [6.07, 6.45) is 2.96. The lowest BCUT2D eigenvalue weighted by atomic mass is 10.0. The van der Waals surface area contributed by atoms with Gasteiger partial charge in [0.05, 0.1) is 12.2 Å². The van der Waals surface area contributed by atoms with Gasteiger partial charge in [-0.2, -0.15) is 5.10 Å². The molecule has 1 N–H and O–H groups in total. The number of anilines is 1. The molecule has 4 rings (SSSR count). The van der Waals surface area contributed by atoms with Crippen molar-refractivity contribution >= 4 is 5.82 Å². The Hall–Kier alpha value is -2.64. The van der Waals surface area contributed by atoms with Crippen LogP contribution in [0.5, 0.6) is 0 Å². The van der Waals surface area contributed by atoms with Gasteiger partial charge < -0.3 is 4.90 Å². The van der Waals surface area contributed by atoms with Gasteiger partial charge in [-0.3, -0.25) is 19.1 Å². The highest BCUT2D eigenvalue weighted by atomic mass is 16.2. The molecule has 0 bridgehead atoms. The van der Waals surface area contributed by atoms with Gasteiger partial charge in [-0.15, -0.1) is 0 Å². The molecular weight excluding hydrogens is 310 g/mol. The van der Waals surface area contributed by atoms with E-state index in [0.29, 0.717) is 25.5 Å². The molecule has 0 amide bonds. The van der Waals surface area contributed by atoms with Gasteiger partial charge >= 0.3 is 5.69 Å². The number of aryl methyl sites for hydroxylation is 2. The number of nitrogens with zero attached hydrogens (tertiary/aromatic N) is 4. The summed E-state index contributed by atoms with van der Waals surface area (Å²) in [4.78, 5) is 40.1. The topological polar surface area (TPSA) is 93.0 Å². The quantitative estimate of drug-likeness (QED) is 0.800. The van der Waals surface area contributed by atoms with E-state index in [4.69, 9.17) is 0 Å². The predicted octanol–water partition coefficient (Wildman–Crippen LogP) is -0.745. The third-order valence-corrected chi connectivity index (χ3v) is 4.88. The second-order valence-electron chi connectivity index (χ2n) is 6.62. The zero-order valence-electron chi connectivity index (χ0n) is 13.5. The standard InChI is InChI=1S/C16H19N5O3/c1-19-14(22)6-13(17-16(19)24)20-7-10(8-20)9-21-15(23)5-11-3-2-4-12(11)18-21/h5-6,10H,2-4,7-9H2,1H3,(H,17,24). The van der Waals surface area contributed by atoms with Crippen LogP contribution in [-0.2, 0) is 26.4 Å². The Labute approximate surface area is 137 Å². The van der Waals surface area contributed by atoms with Crippen LogP contribution in [0.4, 0.5) is 5.82 Å². The van der Waals surface area contributed by atoms with E-state index >= 15 is 0 Å². The molecule has 1 saturated heterocycles. The Morgan fingerprint density at radius 3 is 2.71 bits per heavy atom. The van der Waals surface area contributed by atoms with E-state index in [0.717, 1.165) is 35.1 Å². The van der Waals surface area contributed by atoms with Crippen LogP contribution in [0.25, 0.3) is 0 Å². The maximum atomic E-state index is 12.1. The SMILES string of the molecule is Cn1c(=O)cc(N2CC(Cn3nc4c(cc3=O)CCC4)C2)[nH]c1=O. The molecule has 0 unspecified atom stereocenters. The lowest BCUT2D eigenvalue weighted by Gasteiger charge is -2.40. The molecule has 1 fully saturated rings. The fraction of sp³-hybridized carbons (Fsp3) is 0.500. The Bertz CT molecular complexity index is 934. The summed E-state index contributed by atoms with van der Waals surface area (Å²) in [5.41, 5.74) is 1.34. The first kappa shape index (κ1) is 14.9. The average molecular weight is 329 g/mol. The molecule has 1 aliphatic carbocycles. The van der Waals surface area contributed by atoms with Crippen LogP contribution in [0.3, 0.4) is 0 Å². The van der Waals surface area contributed by atoms with Crippen molar-refractivity contribution in [3.8, 4) is 0 Å². The lowest BCUT2D eigenvalue weighted by molar-refractivity contribution is 0.331. The molecule has 0 aromatic carbocycles. The fourth-order valence-electron chi connectivity index (χ4n) is 3.41. The molecule has 2 aromatic rings. The number of H-pyrrole nitrogens is 1. The summed E-state index contributed by atoms with van der Waals surface area (Å²) < 4.78 is 2.59. The molecule has 0 spiro atoms. The number of aromatic amines is 1.